The lowest BCUT2D eigenvalue weighted by Crippen LogP contribution is -2.34. The molecule has 0 aromatic heterocycles. The highest BCUT2D eigenvalue weighted by atomic mass is 16.5. The third-order valence-electron chi connectivity index (χ3n) is 3.50. The average Bonchev–Trinajstić information content (AvgIpc) is 2.29. The van der Waals surface area contributed by atoms with Crippen molar-refractivity contribution in [1.82, 2.24) is 0 Å². The van der Waals surface area contributed by atoms with Crippen LogP contribution in [0.25, 0.3) is 0 Å². The third kappa shape index (κ3) is 3.34. The van der Waals surface area contributed by atoms with Crippen LogP contribution >= 0.6 is 0 Å². The van der Waals surface area contributed by atoms with Crippen molar-refractivity contribution in [3.63, 3.8) is 0 Å². The molecule has 1 amide bonds. The Kier molecular flexibility index (Phi) is 4.20. The van der Waals surface area contributed by atoms with E-state index < -0.39 is 6.10 Å². The van der Waals surface area contributed by atoms with Gasteiger partial charge in [0.2, 0.25) is 0 Å². The van der Waals surface area contributed by atoms with E-state index in [4.69, 9.17) is 4.74 Å². The number of rotatable bonds is 4. The molecule has 0 radical (unpaired) electrons. The Labute approximate surface area is 113 Å². The predicted octanol–water partition coefficient (Wildman–Crippen LogP) is 2.67. The predicted molar refractivity (Wildman–Crippen MR) is 72.7 cm³/mol. The number of benzene rings is 1. The van der Waals surface area contributed by atoms with Gasteiger partial charge < -0.3 is 10.1 Å². The van der Waals surface area contributed by atoms with Gasteiger partial charge in [-0.15, -0.1) is 0 Å². The Bertz CT molecular complexity index is 480. The maximum Gasteiger partial charge on any atom is 0.309 e. The third-order valence-corrected chi connectivity index (χ3v) is 3.50. The molecule has 1 unspecified atom stereocenters. The largest absolute Gasteiger partial charge is 0.452 e. The van der Waals surface area contributed by atoms with Crippen molar-refractivity contribution in [2.45, 2.75) is 39.2 Å². The van der Waals surface area contributed by atoms with Gasteiger partial charge in [0, 0.05) is 5.69 Å². The summed E-state index contributed by atoms with van der Waals surface area (Å²) in [5.74, 6) is -0.547. The van der Waals surface area contributed by atoms with Crippen molar-refractivity contribution >= 4 is 17.6 Å². The Morgan fingerprint density at radius 2 is 2.00 bits per heavy atom. The second-order valence-electron chi connectivity index (χ2n) is 5.01. The van der Waals surface area contributed by atoms with Gasteiger partial charge in [-0.25, -0.2) is 0 Å². The van der Waals surface area contributed by atoms with Gasteiger partial charge in [0.25, 0.3) is 5.91 Å². The van der Waals surface area contributed by atoms with Crippen molar-refractivity contribution in [3.8, 4) is 0 Å². The number of esters is 1. The number of aryl methyl sites for hydroxylation is 1. The van der Waals surface area contributed by atoms with Crippen molar-refractivity contribution in [2.24, 2.45) is 5.92 Å². The van der Waals surface area contributed by atoms with Crippen LogP contribution in [0.3, 0.4) is 0 Å². The number of nitrogens with one attached hydrogen (secondary N) is 1. The number of carbonyl (C=O) groups excluding carboxylic acids is 2. The molecule has 1 N–H and O–H groups in total. The molecule has 0 bridgehead atoms. The van der Waals surface area contributed by atoms with E-state index in [1.54, 1.807) is 6.92 Å². The fourth-order valence-corrected chi connectivity index (χ4v) is 1.92. The summed E-state index contributed by atoms with van der Waals surface area (Å²) in [5.41, 5.74) is 1.73. The quantitative estimate of drug-likeness (QED) is 0.848. The number of hydrogen-bond acceptors (Lipinski definition) is 3. The number of para-hydroxylation sites is 1. The number of hydrogen-bond donors (Lipinski definition) is 1. The van der Waals surface area contributed by atoms with Crippen LogP contribution in [0.15, 0.2) is 24.3 Å². The monoisotopic (exact) mass is 261 g/mol. The summed E-state index contributed by atoms with van der Waals surface area (Å²) in [6, 6.07) is 7.51. The van der Waals surface area contributed by atoms with Gasteiger partial charge in [-0.3, -0.25) is 9.59 Å². The fourth-order valence-electron chi connectivity index (χ4n) is 1.92. The van der Waals surface area contributed by atoms with Gasteiger partial charge in [-0.2, -0.15) is 0 Å². The minimum Gasteiger partial charge on any atom is -0.452 e. The molecule has 1 aliphatic rings. The second kappa shape index (κ2) is 5.87. The standard InChI is InChI=1S/C15H19NO3/c1-10-6-3-4-9-13(10)16-14(17)11(2)19-15(18)12-7-5-8-12/h3-4,6,9,11-12H,5,7-8H2,1-2H3,(H,16,17). The number of ether oxygens (including phenoxy) is 1. The van der Waals surface area contributed by atoms with E-state index in [2.05, 4.69) is 5.32 Å². The molecule has 4 nitrogen and oxygen atoms in total. The van der Waals surface area contributed by atoms with Gasteiger partial charge in [0.1, 0.15) is 0 Å². The summed E-state index contributed by atoms with van der Waals surface area (Å²) < 4.78 is 5.18. The molecule has 1 aromatic rings. The lowest BCUT2D eigenvalue weighted by atomic mass is 9.86. The zero-order valence-corrected chi connectivity index (χ0v) is 11.3. The molecule has 19 heavy (non-hydrogen) atoms. The van der Waals surface area contributed by atoms with Crippen molar-refractivity contribution in [2.75, 3.05) is 5.32 Å². The normalized spacial score (nSPS) is 16.3. The van der Waals surface area contributed by atoms with Gasteiger partial charge in [0.15, 0.2) is 6.10 Å². The van der Waals surface area contributed by atoms with Crippen LogP contribution in [0.5, 0.6) is 0 Å². The van der Waals surface area contributed by atoms with E-state index in [9.17, 15) is 9.59 Å². The van der Waals surface area contributed by atoms with Crippen LogP contribution in [-0.2, 0) is 14.3 Å². The van der Waals surface area contributed by atoms with Crippen molar-refractivity contribution < 1.29 is 14.3 Å². The van der Waals surface area contributed by atoms with Crippen molar-refractivity contribution in [1.29, 1.82) is 0 Å². The first kappa shape index (κ1) is 13.6. The van der Waals surface area contributed by atoms with Crippen LogP contribution in [0.2, 0.25) is 0 Å². The number of amides is 1. The smallest absolute Gasteiger partial charge is 0.309 e. The summed E-state index contributed by atoms with van der Waals surface area (Å²) in [4.78, 5) is 23.6. The van der Waals surface area contributed by atoms with E-state index in [1.807, 2.05) is 31.2 Å². The summed E-state index contributed by atoms with van der Waals surface area (Å²) in [6.45, 7) is 3.52. The number of carbonyl (C=O) groups is 2. The zero-order valence-electron chi connectivity index (χ0n) is 11.3. The molecule has 0 aliphatic heterocycles. The van der Waals surface area contributed by atoms with Gasteiger partial charge in [-0.05, 0) is 38.3 Å². The van der Waals surface area contributed by atoms with Crippen molar-refractivity contribution in [3.05, 3.63) is 29.8 Å². The minimum absolute atomic E-state index is 0.00582. The lowest BCUT2D eigenvalue weighted by Gasteiger charge is -2.25. The molecule has 1 saturated carbocycles. The van der Waals surface area contributed by atoms with Crippen LogP contribution in [0, 0.1) is 12.8 Å². The van der Waals surface area contributed by atoms with E-state index in [-0.39, 0.29) is 17.8 Å². The molecule has 1 atom stereocenters. The topological polar surface area (TPSA) is 55.4 Å². The molecular formula is C15H19NO3. The molecule has 1 fully saturated rings. The maximum atomic E-state index is 11.9. The maximum absolute atomic E-state index is 11.9. The summed E-state index contributed by atoms with van der Waals surface area (Å²) in [6.07, 6.45) is 2.08. The second-order valence-corrected chi connectivity index (χ2v) is 5.01. The Morgan fingerprint density at radius 3 is 2.58 bits per heavy atom. The molecule has 0 heterocycles. The molecule has 2 rings (SSSR count). The molecule has 1 aromatic carbocycles. The summed E-state index contributed by atoms with van der Waals surface area (Å²) in [5, 5.41) is 2.77. The SMILES string of the molecule is Cc1ccccc1NC(=O)C(C)OC(=O)C1CCC1. The molecule has 102 valence electrons. The summed E-state index contributed by atoms with van der Waals surface area (Å²) in [7, 11) is 0. The summed E-state index contributed by atoms with van der Waals surface area (Å²) >= 11 is 0. The highest BCUT2D eigenvalue weighted by Crippen LogP contribution is 2.27. The van der Waals surface area contributed by atoms with Crippen LogP contribution in [0.1, 0.15) is 31.7 Å². The van der Waals surface area contributed by atoms with Crippen LogP contribution < -0.4 is 5.32 Å². The Hall–Kier alpha value is -1.84. The van der Waals surface area contributed by atoms with E-state index in [0.717, 1.165) is 30.5 Å². The first-order chi connectivity index (χ1) is 9.08. The average molecular weight is 261 g/mol. The first-order valence-electron chi connectivity index (χ1n) is 6.65. The van der Waals surface area contributed by atoms with Gasteiger partial charge in [0.05, 0.1) is 5.92 Å². The Balaban J connectivity index is 1.88. The van der Waals surface area contributed by atoms with E-state index >= 15 is 0 Å². The highest BCUT2D eigenvalue weighted by Gasteiger charge is 2.29. The first-order valence-corrected chi connectivity index (χ1v) is 6.65. The molecular weight excluding hydrogens is 242 g/mol. The van der Waals surface area contributed by atoms with E-state index in [0.29, 0.717) is 0 Å². The van der Waals surface area contributed by atoms with Gasteiger partial charge >= 0.3 is 5.97 Å². The molecule has 4 heteroatoms. The highest BCUT2D eigenvalue weighted by molar-refractivity contribution is 5.95. The molecule has 1 aliphatic carbocycles. The van der Waals surface area contributed by atoms with Gasteiger partial charge in [-0.1, -0.05) is 24.6 Å². The minimum atomic E-state index is -0.757. The van der Waals surface area contributed by atoms with E-state index in [1.165, 1.54) is 0 Å². The zero-order chi connectivity index (χ0) is 13.8. The van der Waals surface area contributed by atoms with Crippen LogP contribution in [0.4, 0.5) is 5.69 Å². The molecule has 0 spiro atoms. The van der Waals surface area contributed by atoms with Crippen LogP contribution in [-0.4, -0.2) is 18.0 Å². The molecule has 0 saturated heterocycles. The lowest BCUT2D eigenvalue weighted by molar-refractivity contribution is -0.159. The number of anilines is 1. The Morgan fingerprint density at radius 1 is 1.32 bits per heavy atom. The fraction of sp³-hybridized carbons (Fsp3) is 0.467.